The van der Waals surface area contributed by atoms with Crippen molar-refractivity contribution in [1.82, 2.24) is 10.3 Å². The molecule has 0 spiro atoms. The molecule has 1 atom stereocenters. The van der Waals surface area contributed by atoms with Gasteiger partial charge >= 0.3 is 6.18 Å². The maximum absolute atomic E-state index is 12.5. The van der Waals surface area contributed by atoms with Crippen LogP contribution in [0.4, 0.5) is 24.0 Å². The first kappa shape index (κ1) is 16.3. The molecular formula is C14H14F3N3OS. The number of aromatic nitrogens is 1. The molecule has 0 aliphatic heterocycles. The van der Waals surface area contributed by atoms with E-state index in [1.807, 2.05) is 0 Å². The summed E-state index contributed by atoms with van der Waals surface area (Å²) in [5, 5.41) is 6.51. The molecule has 1 aromatic heterocycles. The third-order valence-corrected chi connectivity index (χ3v) is 3.85. The summed E-state index contributed by atoms with van der Waals surface area (Å²) in [5.41, 5.74) is 0.515. The number of carbonyl (C=O) groups excluding carboxylic acids is 1. The van der Waals surface area contributed by atoms with Crippen LogP contribution < -0.4 is 10.6 Å². The minimum atomic E-state index is -4.44. The van der Waals surface area contributed by atoms with Crippen molar-refractivity contribution in [1.29, 1.82) is 0 Å². The molecule has 0 aliphatic carbocycles. The standard InChI is InChI=1S/C14H14F3N3OS/c1-8(12(21)18-2)9-3-5-10(6-4-9)19-13-20-11(7-22-13)14(15,16)17/h3-8H,1-2H3,(H,18,21)(H,19,20)/t8-/m0/s1. The molecule has 0 unspecified atom stereocenters. The van der Waals surface area contributed by atoms with E-state index in [0.29, 0.717) is 5.69 Å². The Labute approximate surface area is 129 Å². The zero-order valence-corrected chi connectivity index (χ0v) is 12.7. The normalized spacial score (nSPS) is 12.8. The second kappa shape index (κ2) is 6.35. The number of anilines is 2. The lowest BCUT2D eigenvalue weighted by molar-refractivity contribution is -0.140. The first-order chi connectivity index (χ1) is 10.3. The van der Waals surface area contributed by atoms with Crippen LogP contribution in [0.25, 0.3) is 0 Å². The van der Waals surface area contributed by atoms with Gasteiger partial charge in [-0.1, -0.05) is 12.1 Å². The second-order valence-corrected chi connectivity index (χ2v) is 5.48. The lowest BCUT2D eigenvalue weighted by Gasteiger charge is -2.11. The van der Waals surface area contributed by atoms with Crippen LogP contribution in [0.3, 0.4) is 0 Å². The van der Waals surface area contributed by atoms with Crippen molar-refractivity contribution in [3.8, 4) is 0 Å². The molecule has 8 heteroatoms. The topological polar surface area (TPSA) is 54.0 Å². The maximum Gasteiger partial charge on any atom is 0.434 e. The summed E-state index contributed by atoms with van der Waals surface area (Å²) in [5.74, 6) is -0.397. The molecule has 22 heavy (non-hydrogen) atoms. The molecule has 2 rings (SSSR count). The third-order valence-electron chi connectivity index (χ3n) is 3.10. The van der Waals surface area contributed by atoms with Gasteiger partial charge in [-0.25, -0.2) is 4.98 Å². The number of halogens is 3. The van der Waals surface area contributed by atoms with Crippen LogP contribution in [0.2, 0.25) is 0 Å². The predicted molar refractivity (Wildman–Crippen MR) is 79.3 cm³/mol. The Morgan fingerprint density at radius 3 is 2.41 bits per heavy atom. The molecule has 2 N–H and O–H groups in total. The van der Waals surface area contributed by atoms with E-state index in [9.17, 15) is 18.0 Å². The van der Waals surface area contributed by atoms with Crippen LogP contribution in [-0.4, -0.2) is 17.9 Å². The summed E-state index contributed by atoms with van der Waals surface area (Å²) in [7, 11) is 1.56. The Hall–Kier alpha value is -2.09. The van der Waals surface area contributed by atoms with Crippen molar-refractivity contribution in [3.05, 3.63) is 40.9 Å². The number of thiazole rings is 1. The minimum absolute atomic E-state index is 0.101. The number of benzene rings is 1. The molecule has 118 valence electrons. The summed E-state index contributed by atoms with van der Waals surface area (Å²) >= 11 is 0.884. The molecule has 1 amide bonds. The van der Waals surface area contributed by atoms with Gasteiger partial charge < -0.3 is 10.6 Å². The van der Waals surface area contributed by atoms with Gasteiger partial charge in [-0.2, -0.15) is 13.2 Å². The molecule has 0 fully saturated rings. The van der Waals surface area contributed by atoms with E-state index in [0.717, 1.165) is 22.3 Å². The van der Waals surface area contributed by atoms with Crippen LogP contribution in [0.5, 0.6) is 0 Å². The highest BCUT2D eigenvalue weighted by molar-refractivity contribution is 7.13. The molecule has 1 aromatic carbocycles. The SMILES string of the molecule is CNC(=O)[C@@H](C)c1ccc(Nc2nc(C(F)(F)F)cs2)cc1. The Kier molecular flexibility index (Phi) is 4.70. The Morgan fingerprint density at radius 2 is 1.91 bits per heavy atom. The number of amides is 1. The van der Waals surface area contributed by atoms with E-state index in [1.165, 1.54) is 0 Å². The Bertz CT molecular complexity index is 652. The van der Waals surface area contributed by atoms with Crippen molar-refractivity contribution in [2.45, 2.75) is 19.0 Å². The Balaban J connectivity index is 2.08. The molecule has 4 nitrogen and oxygen atoms in total. The monoisotopic (exact) mass is 329 g/mol. The lowest BCUT2D eigenvalue weighted by Crippen LogP contribution is -2.23. The molecule has 0 saturated carbocycles. The van der Waals surface area contributed by atoms with Gasteiger partial charge in [-0.15, -0.1) is 11.3 Å². The molecule has 0 aliphatic rings. The largest absolute Gasteiger partial charge is 0.434 e. The molecule has 1 heterocycles. The van der Waals surface area contributed by atoms with Crippen molar-refractivity contribution < 1.29 is 18.0 Å². The van der Waals surface area contributed by atoms with E-state index in [1.54, 1.807) is 38.2 Å². The van der Waals surface area contributed by atoms with Crippen LogP contribution in [-0.2, 0) is 11.0 Å². The average Bonchev–Trinajstić information content (AvgIpc) is 2.95. The van der Waals surface area contributed by atoms with E-state index in [2.05, 4.69) is 15.6 Å². The fourth-order valence-electron chi connectivity index (χ4n) is 1.81. The fourth-order valence-corrected chi connectivity index (χ4v) is 2.55. The summed E-state index contributed by atoms with van der Waals surface area (Å²) < 4.78 is 37.4. The number of hydrogen-bond acceptors (Lipinski definition) is 4. The summed E-state index contributed by atoms with van der Waals surface area (Å²) in [6.45, 7) is 1.78. The molecular weight excluding hydrogens is 315 g/mol. The number of likely N-dealkylation sites (N-methyl/N-ethyl adjacent to an activating group) is 1. The highest BCUT2D eigenvalue weighted by Gasteiger charge is 2.33. The van der Waals surface area contributed by atoms with Crippen molar-refractivity contribution in [2.24, 2.45) is 0 Å². The second-order valence-electron chi connectivity index (χ2n) is 4.62. The van der Waals surface area contributed by atoms with Gasteiger partial charge in [-0.3, -0.25) is 4.79 Å². The van der Waals surface area contributed by atoms with Crippen molar-refractivity contribution >= 4 is 28.1 Å². The van der Waals surface area contributed by atoms with Gasteiger partial charge in [0.25, 0.3) is 0 Å². The van der Waals surface area contributed by atoms with E-state index in [-0.39, 0.29) is 17.0 Å². The van der Waals surface area contributed by atoms with Gasteiger partial charge in [0.05, 0.1) is 5.92 Å². The maximum atomic E-state index is 12.5. The predicted octanol–water partition coefficient (Wildman–Crippen LogP) is 3.76. The third kappa shape index (κ3) is 3.76. The van der Waals surface area contributed by atoms with E-state index >= 15 is 0 Å². The van der Waals surface area contributed by atoms with Gasteiger partial charge in [0, 0.05) is 18.1 Å². The number of alkyl halides is 3. The zero-order chi connectivity index (χ0) is 16.3. The summed E-state index contributed by atoms with van der Waals surface area (Å²) in [4.78, 5) is 15.0. The van der Waals surface area contributed by atoms with Crippen molar-refractivity contribution in [3.63, 3.8) is 0 Å². The van der Waals surface area contributed by atoms with E-state index < -0.39 is 11.9 Å². The molecule has 0 radical (unpaired) electrons. The number of nitrogens with one attached hydrogen (secondary N) is 2. The first-order valence-corrected chi connectivity index (χ1v) is 7.30. The molecule has 2 aromatic rings. The zero-order valence-electron chi connectivity index (χ0n) is 11.9. The average molecular weight is 329 g/mol. The van der Waals surface area contributed by atoms with Crippen molar-refractivity contribution in [2.75, 3.05) is 12.4 Å². The first-order valence-electron chi connectivity index (χ1n) is 6.42. The lowest BCUT2D eigenvalue weighted by atomic mass is 10.0. The molecule has 0 saturated heterocycles. The summed E-state index contributed by atoms with van der Waals surface area (Å²) in [6, 6.07) is 6.90. The highest BCUT2D eigenvalue weighted by atomic mass is 32.1. The van der Waals surface area contributed by atoms with Crippen LogP contribution in [0.1, 0.15) is 24.1 Å². The van der Waals surface area contributed by atoms with Crippen LogP contribution in [0, 0.1) is 0 Å². The smallest absolute Gasteiger partial charge is 0.359 e. The van der Waals surface area contributed by atoms with Gasteiger partial charge in [0.2, 0.25) is 5.91 Å². The number of rotatable bonds is 4. The fraction of sp³-hybridized carbons (Fsp3) is 0.286. The summed E-state index contributed by atoms with van der Waals surface area (Å²) in [6.07, 6.45) is -4.44. The number of nitrogens with zero attached hydrogens (tertiary/aromatic N) is 1. The molecule has 0 bridgehead atoms. The van der Waals surface area contributed by atoms with Gasteiger partial charge in [-0.05, 0) is 24.6 Å². The highest BCUT2D eigenvalue weighted by Crippen LogP contribution is 2.32. The Morgan fingerprint density at radius 1 is 1.27 bits per heavy atom. The number of carbonyl (C=O) groups is 1. The van der Waals surface area contributed by atoms with Crippen LogP contribution >= 0.6 is 11.3 Å². The quantitative estimate of drug-likeness (QED) is 0.898. The van der Waals surface area contributed by atoms with Gasteiger partial charge in [0.1, 0.15) is 0 Å². The van der Waals surface area contributed by atoms with Crippen LogP contribution in [0.15, 0.2) is 29.6 Å². The van der Waals surface area contributed by atoms with E-state index in [4.69, 9.17) is 0 Å². The minimum Gasteiger partial charge on any atom is -0.359 e. The van der Waals surface area contributed by atoms with Gasteiger partial charge in [0.15, 0.2) is 10.8 Å². The number of hydrogen-bond donors (Lipinski definition) is 2.